The predicted octanol–water partition coefficient (Wildman–Crippen LogP) is 1.46. The van der Waals surface area contributed by atoms with Crippen molar-refractivity contribution >= 4 is 10.0 Å². The molecule has 0 aliphatic carbocycles. The van der Waals surface area contributed by atoms with Crippen molar-refractivity contribution < 1.29 is 17.5 Å². The fraction of sp³-hybridized carbons (Fsp3) is 0.600. The monoisotopic (exact) mass is 330 g/mol. The maximum Gasteiger partial charge on any atom is 0.240 e. The van der Waals surface area contributed by atoms with Crippen molar-refractivity contribution in [2.24, 2.45) is 5.92 Å². The highest BCUT2D eigenvalue weighted by molar-refractivity contribution is 7.89. The molecule has 1 atom stereocenters. The summed E-state index contributed by atoms with van der Waals surface area (Å²) in [4.78, 5) is 2.34. The lowest BCUT2D eigenvalue weighted by atomic mass is 10.2. The van der Waals surface area contributed by atoms with Crippen LogP contribution in [0.1, 0.15) is 13.8 Å². The molecular weight excluding hydrogens is 307 g/mol. The van der Waals surface area contributed by atoms with E-state index in [9.17, 15) is 12.8 Å². The fourth-order valence-electron chi connectivity index (χ4n) is 2.49. The first-order valence-corrected chi connectivity index (χ1v) is 8.94. The molecule has 1 fully saturated rings. The Morgan fingerprint density at radius 3 is 2.68 bits per heavy atom. The Morgan fingerprint density at radius 2 is 2.05 bits per heavy atom. The van der Waals surface area contributed by atoms with E-state index in [1.54, 1.807) is 0 Å². The van der Waals surface area contributed by atoms with Crippen molar-refractivity contribution in [3.8, 4) is 0 Å². The van der Waals surface area contributed by atoms with Crippen molar-refractivity contribution in [1.82, 2.24) is 9.62 Å². The minimum Gasteiger partial charge on any atom is -0.374 e. The second-order valence-electron chi connectivity index (χ2n) is 5.95. The van der Waals surface area contributed by atoms with E-state index in [2.05, 4.69) is 23.5 Å². The van der Waals surface area contributed by atoms with Crippen LogP contribution in [0.2, 0.25) is 0 Å². The van der Waals surface area contributed by atoms with Crippen LogP contribution < -0.4 is 4.72 Å². The van der Waals surface area contributed by atoms with Crippen molar-refractivity contribution in [2.75, 3.05) is 32.8 Å². The molecule has 1 N–H and O–H groups in total. The second kappa shape index (κ2) is 7.50. The first-order valence-electron chi connectivity index (χ1n) is 7.46. The highest BCUT2D eigenvalue weighted by Gasteiger charge is 2.23. The lowest BCUT2D eigenvalue weighted by molar-refractivity contribution is -0.0280. The number of rotatable bonds is 6. The molecule has 7 heteroatoms. The van der Waals surface area contributed by atoms with Crippen LogP contribution in [0.25, 0.3) is 0 Å². The Labute approximate surface area is 131 Å². The highest BCUT2D eigenvalue weighted by Crippen LogP contribution is 2.11. The van der Waals surface area contributed by atoms with Gasteiger partial charge in [-0.2, -0.15) is 0 Å². The third-order valence-electron chi connectivity index (χ3n) is 3.47. The first kappa shape index (κ1) is 17.3. The normalized spacial score (nSPS) is 20.5. The van der Waals surface area contributed by atoms with Crippen LogP contribution in [0, 0.1) is 11.7 Å². The molecule has 1 heterocycles. The average Bonchev–Trinajstić information content (AvgIpc) is 2.45. The number of hydrogen-bond donors (Lipinski definition) is 1. The molecule has 0 amide bonds. The molecular formula is C15H23FN2O3S. The SMILES string of the molecule is CC(C)CN1CCO[C@@H](CNS(=O)(=O)c2ccc(F)cc2)C1. The zero-order valence-electron chi connectivity index (χ0n) is 13.0. The third-order valence-corrected chi connectivity index (χ3v) is 4.91. The van der Waals surface area contributed by atoms with Crippen LogP contribution in [0.3, 0.4) is 0 Å². The van der Waals surface area contributed by atoms with Crippen molar-refractivity contribution in [1.29, 1.82) is 0 Å². The maximum atomic E-state index is 12.9. The van der Waals surface area contributed by atoms with E-state index in [1.165, 1.54) is 12.1 Å². The van der Waals surface area contributed by atoms with E-state index in [1.807, 2.05) is 0 Å². The van der Waals surface area contributed by atoms with E-state index in [4.69, 9.17) is 4.74 Å². The second-order valence-corrected chi connectivity index (χ2v) is 7.72. The molecule has 2 rings (SSSR count). The van der Waals surface area contributed by atoms with E-state index in [0.29, 0.717) is 19.1 Å². The Hall–Kier alpha value is -1.02. The molecule has 0 aromatic heterocycles. The van der Waals surface area contributed by atoms with Crippen molar-refractivity contribution in [2.45, 2.75) is 24.8 Å². The van der Waals surface area contributed by atoms with E-state index in [0.717, 1.165) is 25.2 Å². The van der Waals surface area contributed by atoms with Crippen LogP contribution in [-0.2, 0) is 14.8 Å². The predicted molar refractivity (Wildman–Crippen MR) is 82.6 cm³/mol. The summed E-state index contributed by atoms with van der Waals surface area (Å²) in [5.74, 6) is 0.105. The largest absolute Gasteiger partial charge is 0.374 e. The quantitative estimate of drug-likeness (QED) is 0.858. The van der Waals surface area contributed by atoms with Crippen LogP contribution in [0.5, 0.6) is 0 Å². The van der Waals surface area contributed by atoms with Crippen LogP contribution in [0.15, 0.2) is 29.2 Å². The van der Waals surface area contributed by atoms with Gasteiger partial charge in [0, 0.05) is 26.2 Å². The molecule has 124 valence electrons. The van der Waals surface area contributed by atoms with E-state index >= 15 is 0 Å². The molecule has 22 heavy (non-hydrogen) atoms. The number of morpholine rings is 1. The number of nitrogens with zero attached hydrogens (tertiary/aromatic N) is 1. The van der Waals surface area contributed by atoms with Gasteiger partial charge in [0.25, 0.3) is 0 Å². The lowest BCUT2D eigenvalue weighted by Crippen LogP contribution is -2.48. The van der Waals surface area contributed by atoms with Gasteiger partial charge in [0.15, 0.2) is 0 Å². The van der Waals surface area contributed by atoms with Crippen molar-refractivity contribution in [3.63, 3.8) is 0 Å². The number of hydrogen-bond acceptors (Lipinski definition) is 4. The number of sulfonamides is 1. The van der Waals surface area contributed by atoms with Gasteiger partial charge < -0.3 is 4.74 Å². The Balaban J connectivity index is 1.90. The lowest BCUT2D eigenvalue weighted by Gasteiger charge is -2.33. The zero-order chi connectivity index (χ0) is 16.2. The summed E-state index contributed by atoms with van der Waals surface area (Å²) in [6, 6.07) is 4.78. The van der Waals surface area contributed by atoms with Gasteiger partial charge in [-0.05, 0) is 30.2 Å². The Bertz CT molecular complexity index is 575. The van der Waals surface area contributed by atoms with E-state index < -0.39 is 15.8 Å². The van der Waals surface area contributed by atoms with E-state index in [-0.39, 0.29) is 17.5 Å². The molecule has 1 aromatic rings. The average molecular weight is 330 g/mol. The Kier molecular flexibility index (Phi) is 5.91. The topological polar surface area (TPSA) is 58.6 Å². The summed E-state index contributed by atoms with van der Waals surface area (Å²) in [5.41, 5.74) is 0. The Morgan fingerprint density at radius 1 is 1.36 bits per heavy atom. The summed E-state index contributed by atoms with van der Waals surface area (Å²) in [6.45, 7) is 7.70. The smallest absolute Gasteiger partial charge is 0.240 e. The molecule has 0 saturated carbocycles. The molecule has 0 bridgehead atoms. The zero-order valence-corrected chi connectivity index (χ0v) is 13.8. The number of nitrogens with one attached hydrogen (secondary N) is 1. The summed E-state index contributed by atoms with van der Waals surface area (Å²) in [6.07, 6.45) is -0.164. The third kappa shape index (κ3) is 5.01. The van der Waals surface area contributed by atoms with Crippen LogP contribution in [-0.4, -0.2) is 52.2 Å². The van der Waals surface area contributed by atoms with Gasteiger partial charge in [0.05, 0.1) is 17.6 Å². The van der Waals surface area contributed by atoms with Gasteiger partial charge >= 0.3 is 0 Å². The number of benzene rings is 1. The minimum absolute atomic E-state index is 0.0590. The van der Waals surface area contributed by atoms with Crippen molar-refractivity contribution in [3.05, 3.63) is 30.1 Å². The van der Waals surface area contributed by atoms with Crippen LogP contribution >= 0.6 is 0 Å². The minimum atomic E-state index is -3.63. The highest BCUT2D eigenvalue weighted by atomic mass is 32.2. The molecule has 0 radical (unpaired) electrons. The van der Waals surface area contributed by atoms with Gasteiger partial charge in [-0.25, -0.2) is 17.5 Å². The summed E-state index contributed by atoms with van der Waals surface area (Å²) < 4.78 is 45.3. The maximum absolute atomic E-state index is 12.9. The van der Waals surface area contributed by atoms with Gasteiger partial charge in [-0.3, -0.25) is 4.90 Å². The van der Waals surface area contributed by atoms with Gasteiger partial charge in [-0.15, -0.1) is 0 Å². The standard InChI is InChI=1S/C15H23FN2O3S/c1-12(2)10-18-7-8-21-14(11-18)9-17-22(19,20)15-5-3-13(16)4-6-15/h3-6,12,14,17H,7-11H2,1-2H3/t14-/m0/s1. The van der Waals surface area contributed by atoms with Gasteiger partial charge in [0.2, 0.25) is 10.0 Å². The first-order chi connectivity index (χ1) is 10.4. The van der Waals surface area contributed by atoms with Gasteiger partial charge in [0.1, 0.15) is 5.82 Å². The molecule has 1 aliphatic rings. The summed E-state index contributed by atoms with van der Waals surface area (Å²) >= 11 is 0. The molecule has 1 aliphatic heterocycles. The van der Waals surface area contributed by atoms with Crippen LogP contribution in [0.4, 0.5) is 4.39 Å². The number of halogens is 1. The number of ether oxygens (including phenoxy) is 1. The van der Waals surface area contributed by atoms with Gasteiger partial charge in [-0.1, -0.05) is 13.8 Å². The molecule has 0 unspecified atom stereocenters. The molecule has 0 spiro atoms. The molecule has 1 aromatic carbocycles. The summed E-state index contributed by atoms with van der Waals surface area (Å²) in [7, 11) is -3.63. The molecule has 5 nitrogen and oxygen atoms in total. The summed E-state index contributed by atoms with van der Waals surface area (Å²) in [5, 5.41) is 0. The fourth-order valence-corrected chi connectivity index (χ4v) is 3.55. The molecule has 1 saturated heterocycles.